The third kappa shape index (κ3) is 5.18. The minimum Gasteiger partial charge on any atom is -0.449 e. The van der Waals surface area contributed by atoms with Crippen molar-refractivity contribution in [2.45, 2.75) is 57.6 Å². The highest BCUT2D eigenvalue weighted by Gasteiger charge is 2.35. The number of carbonyl (C=O) groups excluding carboxylic acids is 2. The zero-order valence-corrected chi connectivity index (χ0v) is 14.7. The van der Waals surface area contributed by atoms with Crippen LogP contribution in [0.3, 0.4) is 0 Å². The molecule has 1 saturated carbocycles. The SMILES string of the molecule is Cc1ccccc1/C=C/C(=O)O[C@@H](C)C(=O)NC1(C#N)CCCCC1. The summed E-state index contributed by atoms with van der Waals surface area (Å²) in [5.74, 6) is -1.01. The summed E-state index contributed by atoms with van der Waals surface area (Å²) in [6.45, 7) is 3.47. The van der Waals surface area contributed by atoms with Crippen LogP contribution in [-0.2, 0) is 14.3 Å². The second kappa shape index (κ2) is 8.48. The topological polar surface area (TPSA) is 79.2 Å². The first-order valence-corrected chi connectivity index (χ1v) is 8.63. The lowest BCUT2D eigenvalue weighted by Gasteiger charge is -2.32. The monoisotopic (exact) mass is 340 g/mol. The number of ether oxygens (including phenoxy) is 1. The fourth-order valence-corrected chi connectivity index (χ4v) is 2.96. The Balaban J connectivity index is 1.91. The molecule has 2 rings (SSSR count). The van der Waals surface area contributed by atoms with E-state index >= 15 is 0 Å². The highest BCUT2D eigenvalue weighted by Crippen LogP contribution is 2.27. The summed E-state index contributed by atoms with van der Waals surface area (Å²) in [6.07, 6.45) is 6.23. The number of aryl methyl sites for hydroxylation is 1. The number of nitriles is 1. The molecule has 1 N–H and O–H groups in total. The average Bonchev–Trinajstić information content (AvgIpc) is 2.61. The van der Waals surface area contributed by atoms with Crippen molar-refractivity contribution >= 4 is 18.0 Å². The minimum atomic E-state index is -0.943. The van der Waals surface area contributed by atoms with E-state index in [9.17, 15) is 14.9 Å². The summed E-state index contributed by atoms with van der Waals surface area (Å²) >= 11 is 0. The van der Waals surface area contributed by atoms with E-state index in [1.54, 1.807) is 6.08 Å². The van der Waals surface area contributed by atoms with Gasteiger partial charge in [-0.3, -0.25) is 4.79 Å². The molecule has 0 spiro atoms. The van der Waals surface area contributed by atoms with Crippen molar-refractivity contribution in [3.8, 4) is 6.07 Å². The van der Waals surface area contributed by atoms with Gasteiger partial charge in [0, 0.05) is 6.08 Å². The Kier molecular flexibility index (Phi) is 6.35. The molecule has 0 heterocycles. The molecule has 1 aromatic carbocycles. The third-order valence-electron chi connectivity index (χ3n) is 4.53. The lowest BCUT2D eigenvalue weighted by Crippen LogP contribution is -2.52. The van der Waals surface area contributed by atoms with E-state index < -0.39 is 23.5 Å². The van der Waals surface area contributed by atoms with Gasteiger partial charge < -0.3 is 10.1 Å². The molecule has 5 heteroatoms. The van der Waals surface area contributed by atoms with Crippen LogP contribution in [0, 0.1) is 18.3 Å². The molecule has 0 saturated heterocycles. The van der Waals surface area contributed by atoms with Gasteiger partial charge in [-0.2, -0.15) is 5.26 Å². The lowest BCUT2D eigenvalue weighted by atomic mass is 9.83. The molecule has 0 bridgehead atoms. The van der Waals surface area contributed by atoms with Crippen LogP contribution < -0.4 is 5.32 Å². The number of hydrogen-bond donors (Lipinski definition) is 1. The van der Waals surface area contributed by atoms with Crippen molar-refractivity contribution in [3.63, 3.8) is 0 Å². The standard InChI is InChI=1S/C20H24N2O3/c1-15-8-4-5-9-17(15)10-11-18(23)25-16(2)19(24)22-20(14-21)12-6-3-7-13-20/h4-5,8-11,16H,3,6-7,12-13H2,1-2H3,(H,22,24)/b11-10+/t16-/m0/s1. The largest absolute Gasteiger partial charge is 0.449 e. The molecule has 0 unspecified atom stereocenters. The maximum Gasteiger partial charge on any atom is 0.331 e. The molecule has 0 aliphatic heterocycles. The number of nitrogens with one attached hydrogen (secondary N) is 1. The summed E-state index contributed by atoms with van der Waals surface area (Å²) in [5, 5.41) is 12.2. The lowest BCUT2D eigenvalue weighted by molar-refractivity contribution is -0.150. The first-order valence-electron chi connectivity index (χ1n) is 8.63. The van der Waals surface area contributed by atoms with E-state index in [-0.39, 0.29) is 0 Å². The van der Waals surface area contributed by atoms with Crippen LogP contribution in [-0.4, -0.2) is 23.5 Å². The van der Waals surface area contributed by atoms with Gasteiger partial charge in [0.15, 0.2) is 6.10 Å². The summed E-state index contributed by atoms with van der Waals surface area (Å²) in [6, 6.07) is 9.88. The van der Waals surface area contributed by atoms with Gasteiger partial charge in [-0.25, -0.2) is 4.79 Å². The Morgan fingerprint density at radius 3 is 2.60 bits per heavy atom. The van der Waals surface area contributed by atoms with Gasteiger partial charge in [-0.1, -0.05) is 43.5 Å². The summed E-state index contributed by atoms with van der Waals surface area (Å²) < 4.78 is 5.16. The Labute approximate surface area is 148 Å². The highest BCUT2D eigenvalue weighted by atomic mass is 16.5. The first-order chi connectivity index (χ1) is 12.0. The van der Waals surface area contributed by atoms with Crippen molar-refractivity contribution < 1.29 is 14.3 Å². The number of nitrogens with zero attached hydrogens (tertiary/aromatic N) is 1. The molecule has 1 atom stereocenters. The van der Waals surface area contributed by atoms with Crippen LogP contribution in [0.2, 0.25) is 0 Å². The van der Waals surface area contributed by atoms with Crippen LogP contribution in [0.4, 0.5) is 0 Å². The van der Waals surface area contributed by atoms with E-state index in [2.05, 4.69) is 11.4 Å². The van der Waals surface area contributed by atoms with E-state index in [4.69, 9.17) is 4.74 Å². The maximum atomic E-state index is 12.3. The van der Waals surface area contributed by atoms with Crippen LogP contribution in [0.1, 0.15) is 50.2 Å². The van der Waals surface area contributed by atoms with E-state index in [0.29, 0.717) is 12.8 Å². The zero-order valence-electron chi connectivity index (χ0n) is 14.7. The molecule has 132 valence electrons. The average molecular weight is 340 g/mol. The van der Waals surface area contributed by atoms with Gasteiger partial charge in [-0.15, -0.1) is 0 Å². The molecule has 5 nitrogen and oxygen atoms in total. The molecule has 1 aromatic rings. The van der Waals surface area contributed by atoms with Crippen molar-refractivity contribution in [1.29, 1.82) is 5.26 Å². The number of carbonyl (C=O) groups is 2. The summed E-state index contributed by atoms with van der Waals surface area (Å²) in [4.78, 5) is 24.2. The van der Waals surface area contributed by atoms with Gasteiger partial charge in [0.1, 0.15) is 5.54 Å². The number of esters is 1. The summed E-state index contributed by atoms with van der Waals surface area (Å²) in [7, 11) is 0. The fraction of sp³-hybridized carbons (Fsp3) is 0.450. The van der Waals surface area contributed by atoms with Crippen LogP contribution in [0.25, 0.3) is 6.08 Å². The molecule has 1 aliphatic carbocycles. The molecule has 1 aliphatic rings. The Hall–Kier alpha value is -2.61. The first kappa shape index (κ1) is 18.7. The smallest absolute Gasteiger partial charge is 0.331 e. The van der Waals surface area contributed by atoms with Crippen LogP contribution in [0.15, 0.2) is 30.3 Å². The maximum absolute atomic E-state index is 12.3. The molecule has 1 amide bonds. The van der Waals surface area contributed by atoms with Crippen molar-refractivity contribution in [2.75, 3.05) is 0 Å². The predicted octanol–water partition coefficient (Wildman–Crippen LogP) is 3.28. The Morgan fingerprint density at radius 2 is 1.96 bits per heavy atom. The number of amides is 1. The van der Waals surface area contributed by atoms with E-state index in [1.165, 1.54) is 13.0 Å². The predicted molar refractivity (Wildman–Crippen MR) is 95.3 cm³/mol. The van der Waals surface area contributed by atoms with Crippen molar-refractivity contribution in [2.24, 2.45) is 0 Å². The van der Waals surface area contributed by atoms with Gasteiger partial charge in [-0.05, 0) is 43.9 Å². The third-order valence-corrected chi connectivity index (χ3v) is 4.53. The zero-order chi connectivity index (χ0) is 18.3. The van der Waals surface area contributed by atoms with Gasteiger partial charge in [0.05, 0.1) is 6.07 Å². The Morgan fingerprint density at radius 1 is 1.28 bits per heavy atom. The van der Waals surface area contributed by atoms with Crippen molar-refractivity contribution in [3.05, 3.63) is 41.5 Å². The minimum absolute atomic E-state index is 0.430. The molecular weight excluding hydrogens is 316 g/mol. The van der Waals surface area contributed by atoms with Crippen LogP contribution in [0.5, 0.6) is 0 Å². The quantitative estimate of drug-likeness (QED) is 0.659. The molecule has 1 fully saturated rings. The van der Waals surface area contributed by atoms with Crippen molar-refractivity contribution in [1.82, 2.24) is 5.32 Å². The van der Waals surface area contributed by atoms with Crippen LogP contribution >= 0.6 is 0 Å². The van der Waals surface area contributed by atoms with Gasteiger partial charge >= 0.3 is 5.97 Å². The number of hydrogen-bond acceptors (Lipinski definition) is 4. The molecular formula is C20H24N2O3. The van der Waals surface area contributed by atoms with Gasteiger partial charge in [0.25, 0.3) is 5.91 Å². The second-order valence-corrected chi connectivity index (χ2v) is 6.51. The van der Waals surface area contributed by atoms with E-state index in [1.807, 2.05) is 31.2 Å². The highest BCUT2D eigenvalue weighted by molar-refractivity contribution is 5.90. The second-order valence-electron chi connectivity index (χ2n) is 6.51. The van der Waals surface area contributed by atoms with E-state index in [0.717, 1.165) is 30.4 Å². The Bertz CT molecular complexity index is 697. The number of rotatable bonds is 5. The normalized spacial score (nSPS) is 17.5. The molecule has 0 aromatic heterocycles. The summed E-state index contributed by atoms with van der Waals surface area (Å²) in [5.41, 5.74) is 1.14. The fourth-order valence-electron chi connectivity index (χ4n) is 2.96. The van der Waals surface area contributed by atoms with Gasteiger partial charge in [0.2, 0.25) is 0 Å². The molecule has 25 heavy (non-hydrogen) atoms. The molecule has 0 radical (unpaired) electrons. The number of benzene rings is 1.